The van der Waals surface area contributed by atoms with Gasteiger partial charge in [-0.3, -0.25) is 0 Å². The maximum atomic E-state index is 10.3. The van der Waals surface area contributed by atoms with Crippen molar-refractivity contribution in [3.05, 3.63) is 60.9 Å². The molecule has 0 bridgehead atoms. The van der Waals surface area contributed by atoms with E-state index in [1.807, 2.05) is 36.4 Å². The molecule has 3 rings (SSSR count). The van der Waals surface area contributed by atoms with Crippen molar-refractivity contribution in [2.45, 2.75) is 18.6 Å². The van der Waals surface area contributed by atoms with E-state index in [4.69, 9.17) is 4.74 Å². The monoisotopic (exact) mass is 460 g/mol. The lowest BCUT2D eigenvalue weighted by Crippen LogP contribution is -2.19. The summed E-state index contributed by atoms with van der Waals surface area (Å²) in [4.78, 5) is 0. The lowest BCUT2D eigenvalue weighted by Gasteiger charge is -2.30. The van der Waals surface area contributed by atoms with Crippen molar-refractivity contribution >= 4 is 47.8 Å². The lowest BCUT2D eigenvalue weighted by atomic mass is 9.95. The summed E-state index contributed by atoms with van der Waals surface area (Å²) in [5, 5.41) is 10.3. The van der Waals surface area contributed by atoms with Crippen LogP contribution >= 0.6 is 47.8 Å². The molecule has 0 saturated heterocycles. The van der Waals surface area contributed by atoms with Crippen molar-refractivity contribution in [2.24, 2.45) is 0 Å². The molecule has 0 fully saturated rings. The van der Waals surface area contributed by atoms with E-state index in [1.54, 1.807) is 0 Å². The highest BCUT2D eigenvalue weighted by molar-refractivity contribution is 9.13. The molecule has 2 aromatic rings. The summed E-state index contributed by atoms with van der Waals surface area (Å²) < 4.78 is 8.95. The van der Waals surface area contributed by atoms with Crippen molar-refractivity contribution in [3.63, 3.8) is 0 Å². The summed E-state index contributed by atoms with van der Waals surface area (Å²) in [6.07, 6.45) is -0.0934. The molecule has 0 amide bonds. The minimum absolute atomic E-state index is 0.136. The number of rotatable bonds is 1. The van der Waals surface area contributed by atoms with Crippen LogP contribution in [0.4, 0.5) is 0 Å². The minimum Gasteiger partial charge on any atom is -0.485 e. The van der Waals surface area contributed by atoms with Crippen LogP contribution in [-0.2, 0) is 0 Å². The molecule has 0 aromatic heterocycles. The van der Waals surface area contributed by atoms with E-state index in [0.29, 0.717) is 6.42 Å². The topological polar surface area (TPSA) is 29.5 Å². The zero-order chi connectivity index (χ0) is 14.3. The van der Waals surface area contributed by atoms with Gasteiger partial charge in [0, 0.05) is 25.4 Å². The second kappa shape index (κ2) is 5.79. The fraction of sp³-hybridized carbons (Fsp3) is 0.200. The van der Waals surface area contributed by atoms with Crippen LogP contribution in [0.15, 0.2) is 49.8 Å². The van der Waals surface area contributed by atoms with Gasteiger partial charge in [0.15, 0.2) is 0 Å². The van der Waals surface area contributed by atoms with Crippen LogP contribution < -0.4 is 4.74 Å². The molecule has 5 heteroatoms. The van der Waals surface area contributed by atoms with Gasteiger partial charge in [0.2, 0.25) is 0 Å². The molecule has 1 aliphatic heterocycles. The summed E-state index contributed by atoms with van der Waals surface area (Å²) >= 11 is 10.4. The molecular formula is C15H11Br3O2. The number of fused-ring (bicyclic) bond motifs is 1. The number of halogens is 3. The van der Waals surface area contributed by atoms with Gasteiger partial charge < -0.3 is 9.84 Å². The van der Waals surface area contributed by atoms with Gasteiger partial charge in [0.1, 0.15) is 11.9 Å². The van der Waals surface area contributed by atoms with E-state index in [1.165, 1.54) is 0 Å². The summed E-state index contributed by atoms with van der Waals surface area (Å²) in [6.45, 7) is 0. The lowest BCUT2D eigenvalue weighted by molar-refractivity contribution is 0.0656. The SMILES string of the molecule is O[C@H]1CC(c2ccc(Br)c(Br)c2)Oc2ccc(Br)cc21. The van der Waals surface area contributed by atoms with Crippen LogP contribution in [0.2, 0.25) is 0 Å². The first-order chi connectivity index (χ1) is 9.54. The molecule has 0 saturated carbocycles. The van der Waals surface area contributed by atoms with Crippen molar-refractivity contribution in [3.8, 4) is 5.75 Å². The standard InChI is InChI=1S/C15H11Br3O2/c16-9-2-4-14-10(6-9)13(19)7-15(20-14)8-1-3-11(17)12(18)5-8/h1-6,13,15,19H,7H2/t13-,15?/m0/s1. The van der Waals surface area contributed by atoms with E-state index >= 15 is 0 Å². The summed E-state index contributed by atoms with van der Waals surface area (Å²) in [6, 6.07) is 11.7. The molecule has 2 nitrogen and oxygen atoms in total. The molecule has 0 spiro atoms. The molecule has 2 atom stereocenters. The second-order valence-electron chi connectivity index (χ2n) is 4.71. The van der Waals surface area contributed by atoms with Crippen LogP contribution in [0.1, 0.15) is 29.8 Å². The molecule has 0 aliphatic carbocycles. The quantitative estimate of drug-likeness (QED) is 0.603. The largest absolute Gasteiger partial charge is 0.485 e. The molecule has 104 valence electrons. The van der Waals surface area contributed by atoms with Crippen LogP contribution in [-0.4, -0.2) is 5.11 Å². The Morgan fingerprint density at radius 3 is 2.55 bits per heavy atom. The molecule has 1 heterocycles. The molecule has 1 N–H and O–H groups in total. The third-order valence-electron chi connectivity index (χ3n) is 3.35. The maximum absolute atomic E-state index is 10.3. The summed E-state index contributed by atoms with van der Waals surface area (Å²) in [5.41, 5.74) is 1.89. The van der Waals surface area contributed by atoms with Crippen LogP contribution in [0.25, 0.3) is 0 Å². The first-order valence-corrected chi connectivity index (χ1v) is 8.51. The maximum Gasteiger partial charge on any atom is 0.127 e. The third-order valence-corrected chi connectivity index (χ3v) is 5.73. The highest BCUT2D eigenvalue weighted by Gasteiger charge is 2.28. The summed E-state index contributed by atoms with van der Waals surface area (Å²) in [7, 11) is 0. The third kappa shape index (κ3) is 2.82. The number of aliphatic hydroxyl groups is 1. The van der Waals surface area contributed by atoms with Crippen LogP contribution in [0.3, 0.4) is 0 Å². The summed E-state index contributed by atoms with van der Waals surface area (Å²) in [5.74, 6) is 0.746. The molecule has 2 aromatic carbocycles. The zero-order valence-corrected chi connectivity index (χ0v) is 15.1. The minimum atomic E-state index is -0.510. The Labute approximate surface area is 142 Å². The van der Waals surface area contributed by atoms with Gasteiger partial charge in [-0.1, -0.05) is 22.0 Å². The first-order valence-electron chi connectivity index (χ1n) is 6.13. The van der Waals surface area contributed by atoms with Gasteiger partial charge in [-0.25, -0.2) is 0 Å². The van der Waals surface area contributed by atoms with E-state index in [9.17, 15) is 5.11 Å². The van der Waals surface area contributed by atoms with E-state index in [-0.39, 0.29) is 6.10 Å². The zero-order valence-electron chi connectivity index (χ0n) is 10.3. The molecule has 0 radical (unpaired) electrons. The van der Waals surface area contributed by atoms with Crippen molar-refractivity contribution in [2.75, 3.05) is 0 Å². The molecule has 20 heavy (non-hydrogen) atoms. The van der Waals surface area contributed by atoms with Crippen LogP contribution in [0, 0.1) is 0 Å². The van der Waals surface area contributed by atoms with Gasteiger partial charge in [-0.2, -0.15) is 0 Å². The second-order valence-corrected chi connectivity index (χ2v) is 7.34. The van der Waals surface area contributed by atoms with Gasteiger partial charge in [-0.15, -0.1) is 0 Å². The number of benzene rings is 2. The fourth-order valence-corrected chi connectivity index (χ4v) is 3.36. The number of hydrogen-bond donors (Lipinski definition) is 1. The Balaban J connectivity index is 1.94. The Morgan fingerprint density at radius 2 is 1.80 bits per heavy atom. The highest BCUT2D eigenvalue weighted by atomic mass is 79.9. The Morgan fingerprint density at radius 1 is 1.00 bits per heavy atom. The number of aliphatic hydroxyl groups excluding tert-OH is 1. The van der Waals surface area contributed by atoms with E-state index in [0.717, 1.165) is 30.3 Å². The van der Waals surface area contributed by atoms with Gasteiger partial charge in [-0.05, 0) is 67.8 Å². The van der Waals surface area contributed by atoms with E-state index in [2.05, 4.69) is 47.8 Å². The fourth-order valence-electron chi connectivity index (χ4n) is 2.33. The van der Waals surface area contributed by atoms with Crippen molar-refractivity contribution in [1.29, 1.82) is 0 Å². The van der Waals surface area contributed by atoms with Gasteiger partial charge in [0.25, 0.3) is 0 Å². The Hall–Kier alpha value is -0.360. The molecule has 1 aliphatic rings. The normalized spacial score (nSPS) is 21.2. The predicted molar refractivity (Wildman–Crippen MR) is 88.9 cm³/mol. The van der Waals surface area contributed by atoms with Gasteiger partial charge in [0.05, 0.1) is 6.10 Å². The van der Waals surface area contributed by atoms with Crippen LogP contribution in [0.5, 0.6) is 5.75 Å². The average molecular weight is 463 g/mol. The molecular weight excluding hydrogens is 452 g/mol. The van der Waals surface area contributed by atoms with Crippen molar-refractivity contribution in [1.82, 2.24) is 0 Å². The number of ether oxygens (including phenoxy) is 1. The van der Waals surface area contributed by atoms with Gasteiger partial charge >= 0.3 is 0 Å². The Bertz CT molecular complexity index is 658. The highest BCUT2D eigenvalue weighted by Crippen LogP contribution is 2.42. The average Bonchev–Trinajstić information content (AvgIpc) is 2.42. The smallest absolute Gasteiger partial charge is 0.127 e. The van der Waals surface area contributed by atoms with Crippen molar-refractivity contribution < 1.29 is 9.84 Å². The predicted octanol–water partition coefficient (Wildman–Crippen LogP) is 5.53. The molecule has 1 unspecified atom stereocenters. The van der Waals surface area contributed by atoms with E-state index < -0.39 is 6.10 Å². The Kier molecular flexibility index (Phi) is 4.22. The first kappa shape index (κ1) is 14.6. The number of hydrogen-bond acceptors (Lipinski definition) is 2.